The summed E-state index contributed by atoms with van der Waals surface area (Å²) in [7, 11) is 1.58. The van der Waals surface area contributed by atoms with Gasteiger partial charge in [-0.3, -0.25) is 4.79 Å². The van der Waals surface area contributed by atoms with Gasteiger partial charge in [0.25, 0.3) is 0 Å². The monoisotopic (exact) mass is 203 g/mol. The number of carbonyl (C=O) groups excluding carboxylic acids is 1. The highest BCUT2D eigenvalue weighted by atomic mass is 16.5. The Labute approximate surface area is 89.4 Å². The molecular formula is C12H13NO2. The Hall–Kier alpha value is -1.95. The fourth-order valence-corrected chi connectivity index (χ4v) is 1.23. The number of rotatable bonds is 4. The van der Waals surface area contributed by atoms with Crippen molar-refractivity contribution in [2.75, 3.05) is 13.7 Å². The van der Waals surface area contributed by atoms with Crippen LogP contribution in [-0.2, 0) is 11.2 Å². The van der Waals surface area contributed by atoms with Gasteiger partial charge in [-0.15, -0.1) is 6.42 Å². The zero-order valence-corrected chi connectivity index (χ0v) is 8.62. The van der Waals surface area contributed by atoms with E-state index in [1.54, 1.807) is 7.11 Å². The number of benzene rings is 1. The van der Waals surface area contributed by atoms with E-state index in [1.165, 1.54) is 0 Å². The molecule has 1 aromatic rings. The first kappa shape index (κ1) is 11.1. The van der Waals surface area contributed by atoms with Crippen LogP contribution in [0.15, 0.2) is 24.3 Å². The van der Waals surface area contributed by atoms with Crippen molar-refractivity contribution in [2.45, 2.75) is 6.42 Å². The van der Waals surface area contributed by atoms with Gasteiger partial charge in [0.05, 0.1) is 20.1 Å². The van der Waals surface area contributed by atoms with Crippen LogP contribution in [0.5, 0.6) is 5.75 Å². The minimum Gasteiger partial charge on any atom is -0.496 e. The van der Waals surface area contributed by atoms with E-state index in [1.807, 2.05) is 24.3 Å². The number of ether oxygens (including phenoxy) is 1. The third-order valence-corrected chi connectivity index (χ3v) is 1.93. The maximum atomic E-state index is 11.4. The first-order valence-electron chi connectivity index (χ1n) is 4.60. The van der Waals surface area contributed by atoms with Crippen molar-refractivity contribution in [2.24, 2.45) is 0 Å². The van der Waals surface area contributed by atoms with Crippen LogP contribution in [-0.4, -0.2) is 19.6 Å². The highest BCUT2D eigenvalue weighted by Gasteiger charge is 2.06. The summed E-state index contributed by atoms with van der Waals surface area (Å²) in [6, 6.07) is 7.41. The quantitative estimate of drug-likeness (QED) is 0.741. The number of terminal acetylenes is 1. The summed E-state index contributed by atoms with van der Waals surface area (Å²) in [4.78, 5) is 11.4. The lowest BCUT2D eigenvalue weighted by molar-refractivity contribution is -0.120. The van der Waals surface area contributed by atoms with Crippen LogP contribution in [0.3, 0.4) is 0 Å². The normalized spacial score (nSPS) is 9.07. The van der Waals surface area contributed by atoms with Crippen molar-refractivity contribution >= 4 is 5.91 Å². The molecule has 0 aliphatic rings. The van der Waals surface area contributed by atoms with Gasteiger partial charge in [-0.25, -0.2) is 0 Å². The second-order valence-corrected chi connectivity index (χ2v) is 2.97. The van der Waals surface area contributed by atoms with Crippen molar-refractivity contribution in [3.8, 4) is 18.1 Å². The van der Waals surface area contributed by atoms with E-state index in [9.17, 15) is 4.79 Å². The number of para-hydroxylation sites is 1. The third-order valence-electron chi connectivity index (χ3n) is 1.93. The first-order chi connectivity index (χ1) is 7.27. The predicted octanol–water partition coefficient (Wildman–Crippen LogP) is 0.987. The van der Waals surface area contributed by atoms with Crippen molar-refractivity contribution in [3.63, 3.8) is 0 Å². The zero-order valence-electron chi connectivity index (χ0n) is 8.62. The molecule has 1 amide bonds. The molecule has 78 valence electrons. The van der Waals surface area contributed by atoms with Crippen LogP contribution in [0.2, 0.25) is 0 Å². The van der Waals surface area contributed by atoms with Gasteiger partial charge in [0, 0.05) is 5.56 Å². The summed E-state index contributed by atoms with van der Waals surface area (Å²) in [5, 5.41) is 2.60. The smallest absolute Gasteiger partial charge is 0.225 e. The number of carbonyl (C=O) groups is 1. The standard InChI is InChI=1S/C12H13NO2/c1-3-8-13-12(14)9-10-6-4-5-7-11(10)15-2/h1,4-7H,8-9H2,2H3,(H,13,14). The lowest BCUT2D eigenvalue weighted by Gasteiger charge is -2.07. The Balaban J connectivity index is 2.64. The van der Waals surface area contributed by atoms with Crippen molar-refractivity contribution in [1.29, 1.82) is 0 Å². The van der Waals surface area contributed by atoms with Gasteiger partial charge in [0.2, 0.25) is 5.91 Å². The first-order valence-corrected chi connectivity index (χ1v) is 4.60. The number of amides is 1. The maximum Gasteiger partial charge on any atom is 0.225 e. The average molecular weight is 203 g/mol. The van der Waals surface area contributed by atoms with Crippen LogP contribution >= 0.6 is 0 Å². The van der Waals surface area contributed by atoms with Gasteiger partial charge in [-0.1, -0.05) is 24.1 Å². The van der Waals surface area contributed by atoms with Crippen molar-refractivity contribution in [3.05, 3.63) is 29.8 Å². The molecule has 0 saturated carbocycles. The minimum absolute atomic E-state index is 0.0996. The largest absolute Gasteiger partial charge is 0.496 e. The van der Waals surface area contributed by atoms with E-state index in [2.05, 4.69) is 11.2 Å². The molecule has 3 nitrogen and oxygen atoms in total. The molecular weight excluding hydrogens is 190 g/mol. The lowest BCUT2D eigenvalue weighted by Crippen LogP contribution is -2.25. The summed E-state index contributed by atoms with van der Waals surface area (Å²) in [6.07, 6.45) is 5.32. The van der Waals surface area contributed by atoms with E-state index in [0.717, 1.165) is 5.56 Å². The Kier molecular flexibility index (Phi) is 4.24. The number of nitrogens with one attached hydrogen (secondary N) is 1. The van der Waals surface area contributed by atoms with Crippen molar-refractivity contribution in [1.82, 2.24) is 5.32 Å². The molecule has 0 aliphatic heterocycles. The van der Waals surface area contributed by atoms with Crippen LogP contribution < -0.4 is 10.1 Å². The Morgan fingerprint density at radius 2 is 2.27 bits per heavy atom. The molecule has 15 heavy (non-hydrogen) atoms. The van der Waals surface area contributed by atoms with Gasteiger partial charge in [0.15, 0.2) is 0 Å². The molecule has 0 fully saturated rings. The third kappa shape index (κ3) is 3.35. The van der Waals surface area contributed by atoms with Crippen LogP contribution in [0.25, 0.3) is 0 Å². The van der Waals surface area contributed by atoms with Crippen LogP contribution in [0, 0.1) is 12.3 Å². The molecule has 0 radical (unpaired) electrons. The Morgan fingerprint density at radius 1 is 1.53 bits per heavy atom. The van der Waals surface area contributed by atoms with Gasteiger partial charge >= 0.3 is 0 Å². The molecule has 0 atom stereocenters. The molecule has 0 heterocycles. The second kappa shape index (κ2) is 5.71. The zero-order chi connectivity index (χ0) is 11.1. The number of hydrogen-bond donors (Lipinski definition) is 1. The SMILES string of the molecule is C#CCNC(=O)Cc1ccccc1OC. The van der Waals surface area contributed by atoms with Crippen LogP contribution in [0.1, 0.15) is 5.56 Å². The van der Waals surface area contributed by atoms with Gasteiger partial charge in [-0.05, 0) is 6.07 Å². The molecule has 0 spiro atoms. The summed E-state index contributed by atoms with van der Waals surface area (Å²) in [6.45, 7) is 0.258. The number of hydrogen-bond acceptors (Lipinski definition) is 2. The van der Waals surface area contributed by atoms with Gasteiger partial charge in [-0.2, -0.15) is 0 Å². The van der Waals surface area contributed by atoms with E-state index in [-0.39, 0.29) is 18.9 Å². The van der Waals surface area contributed by atoms with E-state index < -0.39 is 0 Å². The number of methoxy groups -OCH3 is 1. The molecule has 0 aromatic heterocycles. The van der Waals surface area contributed by atoms with E-state index in [4.69, 9.17) is 11.2 Å². The molecule has 1 N–H and O–H groups in total. The molecule has 0 aliphatic carbocycles. The Bertz CT molecular complexity index is 379. The summed E-state index contributed by atoms with van der Waals surface area (Å²) in [5.41, 5.74) is 0.856. The fraction of sp³-hybridized carbons (Fsp3) is 0.250. The molecule has 1 aromatic carbocycles. The second-order valence-electron chi connectivity index (χ2n) is 2.97. The summed E-state index contributed by atoms with van der Waals surface area (Å²) < 4.78 is 5.13. The van der Waals surface area contributed by atoms with E-state index >= 15 is 0 Å². The highest BCUT2D eigenvalue weighted by molar-refractivity contribution is 5.79. The predicted molar refractivity (Wildman–Crippen MR) is 58.5 cm³/mol. The Morgan fingerprint density at radius 3 is 2.93 bits per heavy atom. The molecule has 0 unspecified atom stereocenters. The molecule has 0 bridgehead atoms. The average Bonchev–Trinajstić information content (AvgIpc) is 2.27. The molecule has 1 rings (SSSR count). The van der Waals surface area contributed by atoms with Crippen LogP contribution in [0.4, 0.5) is 0 Å². The fourth-order valence-electron chi connectivity index (χ4n) is 1.23. The highest BCUT2D eigenvalue weighted by Crippen LogP contribution is 2.17. The molecule has 3 heteroatoms. The lowest BCUT2D eigenvalue weighted by atomic mass is 10.1. The summed E-state index contributed by atoms with van der Waals surface area (Å²) in [5.74, 6) is 2.97. The van der Waals surface area contributed by atoms with Gasteiger partial charge < -0.3 is 10.1 Å². The van der Waals surface area contributed by atoms with E-state index in [0.29, 0.717) is 5.75 Å². The topological polar surface area (TPSA) is 38.3 Å². The summed E-state index contributed by atoms with van der Waals surface area (Å²) >= 11 is 0. The maximum absolute atomic E-state index is 11.4. The molecule has 0 saturated heterocycles. The minimum atomic E-state index is -0.0996. The van der Waals surface area contributed by atoms with Gasteiger partial charge in [0.1, 0.15) is 5.75 Å². The van der Waals surface area contributed by atoms with Crippen molar-refractivity contribution < 1.29 is 9.53 Å².